The van der Waals surface area contributed by atoms with Gasteiger partial charge in [-0.15, -0.1) is 0 Å². The van der Waals surface area contributed by atoms with E-state index in [9.17, 15) is 12.9 Å². The molecule has 1 heterocycles. The van der Waals surface area contributed by atoms with E-state index >= 15 is 0 Å². The van der Waals surface area contributed by atoms with E-state index in [1.807, 2.05) is 0 Å². The molecule has 0 saturated heterocycles. The van der Waals surface area contributed by atoms with Gasteiger partial charge >= 0.3 is 6.98 Å². The van der Waals surface area contributed by atoms with Gasteiger partial charge < -0.3 is 12.9 Å². The van der Waals surface area contributed by atoms with Crippen LogP contribution in [0, 0.1) is 11.3 Å². The van der Waals surface area contributed by atoms with Gasteiger partial charge in [-0.05, 0) is 6.20 Å². The third-order valence-corrected chi connectivity index (χ3v) is 1.32. The Morgan fingerprint density at radius 2 is 2.17 bits per heavy atom. The van der Waals surface area contributed by atoms with E-state index in [0.29, 0.717) is 0 Å². The number of hydrogen-bond donors (Lipinski definition) is 0. The van der Waals surface area contributed by atoms with Crippen LogP contribution in [0.5, 0.6) is 0 Å². The van der Waals surface area contributed by atoms with Crippen LogP contribution < -0.4 is 5.46 Å². The zero-order chi connectivity index (χ0) is 9.35. The lowest BCUT2D eigenvalue weighted by Gasteiger charge is -2.10. The molecule has 0 aliphatic heterocycles. The summed E-state index contributed by atoms with van der Waals surface area (Å²) in [5.41, 5.74) is -1.50. The van der Waals surface area contributed by atoms with Crippen LogP contribution in [-0.2, 0) is 7.05 Å². The summed E-state index contributed by atoms with van der Waals surface area (Å²) >= 11 is 0. The molecule has 1 rings (SSSR count). The summed E-state index contributed by atoms with van der Waals surface area (Å²) in [5.74, 6) is 0. The molecule has 0 aromatic carbocycles. The summed E-state index contributed by atoms with van der Waals surface area (Å²) in [5, 5.41) is 11.6. The second kappa shape index (κ2) is 2.55. The summed E-state index contributed by atoms with van der Waals surface area (Å²) in [6, 6.07) is 1.39. The molecule has 0 aliphatic carbocycles. The van der Waals surface area contributed by atoms with Gasteiger partial charge in [0.25, 0.3) is 0 Å². The van der Waals surface area contributed by atoms with Gasteiger partial charge in [-0.3, -0.25) is 4.68 Å². The van der Waals surface area contributed by atoms with Crippen LogP contribution in [0.25, 0.3) is 0 Å². The van der Waals surface area contributed by atoms with Crippen LogP contribution in [0.4, 0.5) is 12.9 Å². The third-order valence-electron chi connectivity index (χ3n) is 1.32. The average molecular weight is 174 g/mol. The molecule has 64 valence electrons. The van der Waals surface area contributed by atoms with Crippen molar-refractivity contribution in [3.05, 3.63) is 11.9 Å². The summed E-state index contributed by atoms with van der Waals surface area (Å²) in [6.07, 6.45) is 0.804. The van der Waals surface area contributed by atoms with Crippen molar-refractivity contribution in [1.82, 2.24) is 9.78 Å². The van der Waals surface area contributed by atoms with Crippen LogP contribution in [0.15, 0.2) is 6.20 Å². The molecule has 0 N–H and O–H groups in total. The molecule has 0 fully saturated rings. The highest BCUT2D eigenvalue weighted by Gasteiger charge is 2.30. The first kappa shape index (κ1) is 8.65. The van der Waals surface area contributed by atoms with Crippen molar-refractivity contribution in [2.75, 3.05) is 0 Å². The Labute approximate surface area is 66.5 Å². The molecule has 0 atom stereocenters. The van der Waals surface area contributed by atoms with Crippen LogP contribution in [0.1, 0.15) is 5.69 Å². The quantitative estimate of drug-likeness (QED) is 0.576. The summed E-state index contributed by atoms with van der Waals surface area (Å²) < 4.78 is 37.3. The molecular formula is C5H4BF3N3-. The third kappa shape index (κ3) is 1.42. The monoisotopic (exact) mass is 174 g/mol. The van der Waals surface area contributed by atoms with Gasteiger partial charge in [0.15, 0.2) is 0 Å². The van der Waals surface area contributed by atoms with E-state index < -0.39 is 18.1 Å². The Balaban J connectivity index is 3.25. The number of aromatic nitrogens is 2. The fraction of sp³-hybridized carbons (Fsp3) is 0.200. The Hall–Kier alpha value is -1.45. The summed E-state index contributed by atoms with van der Waals surface area (Å²) in [4.78, 5) is 0. The van der Waals surface area contributed by atoms with Crippen LogP contribution in [0.3, 0.4) is 0 Å². The zero-order valence-corrected chi connectivity index (χ0v) is 6.13. The highest BCUT2D eigenvalue weighted by Crippen LogP contribution is 2.10. The molecule has 0 radical (unpaired) electrons. The largest absolute Gasteiger partial charge is 0.514 e. The van der Waals surface area contributed by atoms with Crippen molar-refractivity contribution in [2.45, 2.75) is 0 Å². The van der Waals surface area contributed by atoms with Gasteiger partial charge in [-0.25, -0.2) is 0 Å². The second-order valence-corrected chi connectivity index (χ2v) is 2.29. The van der Waals surface area contributed by atoms with Crippen molar-refractivity contribution in [3.63, 3.8) is 0 Å². The van der Waals surface area contributed by atoms with Gasteiger partial charge in [0.2, 0.25) is 0 Å². The maximum Gasteiger partial charge on any atom is 0.514 e. The minimum absolute atomic E-state index is 0.565. The molecule has 1 aromatic heterocycles. The molecule has 0 spiro atoms. The van der Waals surface area contributed by atoms with Crippen molar-refractivity contribution in [3.8, 4) is 6.07 Å². The number of rotatable bonds is 1. The minimum atomic E-state index is -5.12. The highest BCUT2D eigenvalue weighted by atomic mass is 19.4. The molecule has 0 saturated carbocycles. The Morgan fingerprint density at radius 1 is 1.58 bits per heavy atom. The zero-order valence-electron chi connectivity index (χ0n) is 6.13. The molecule has 0 amide bonds. The van der Waals surface area contributed by atoms with E-state index in [1.54, 1.807) is 0 Å². The Bertz CT molecular complexity index is 335. The van der Waals surface area contributed by atoms with E-state index in [0.717, 1.165) is 10.9 Å². The standard InChI is InChI=1S/C5H4BF3N3/c1-12-3-4(6(7,8)9)5(2-10)11-12/h3H,1H3/q-1. The summed E-state index contributed by atoms with van der Waals surface area (Å²) in [6.45, 7) is -5.12. The lowest BCUT2D eigenvalue weighted by molar-refractivity contribution is 0.500. The number of hydrogen-bond acceptors (Lipinski definition) is 2. The lowest BCUT2D eigenvalue weighted by Crippen LogP contribution is -2.35. The first-order valence-electron chi connectivity index (χ1n) is 3.08. The molecule has 1 aromatic rings. The topological polar surface area (TPSA) is 41.6 Å². The second-order valence-electron chi connectivity index (χ2n) is 2.29. The fourth-order valence-corrected chi connectivity index (χ4v) is 0.833. The lowest BCUT2D eigenvalue weighted by atomic mass is 9.81. The predicted octanol–water partition coefficient (Wildman–Crippen LogP) is 0.346. The normalized spacial score (nSPS) is 11.2. The maximum absolute atomic E-state index is 12.1. The maximum atomic E-state index is 12.1. The van der Waals surface area contributed by atoms with E-state index in [-0.39, 0.29) is 0 Å². The Morgan fingerprint density at radius 3 is 2.50 bits per heavy atom. The van der Waals surface area contributed by atoms with Gasteiger partial charge in [-0.2, -0.15) is 10.4 Å². The molecule has 0 unspecified atom stereocenters. The molecule has 0 aliphatic rings. The van der Waals surface area contributed by atoms with Crippen molar-refractivity contribution < 1.29 is 12.9 Å². The van der Waals surface area contributed by atoms with Crippen LogP contribution >= 0.6 is 0 Å². The molecule has 12 heavy (non-hydrogen) atoms. The number of halogens is 3. The van der Waals surface area contributed by atoms with Gasteiger partial charge in [0.1, 0.15) is 11.8 Å². The van der Waals surface area contributed by atoms with Crippen molar-refractivity contribution in [1.29, 1.82) is 5.26 Å². The predicted molar refractivity (Wildman–Crippen MR) is 36.6 cm³/mol. The van der Waals surface area contributed by atoms with Gasteiger partial charge in [-0.1, -0.05) is 5.46 Å². The number of nitrogens with zero attached hydrogens (tertiary/aromatic N) is 3. The average Bonchev–Trinajstić information content (AvgIpc) is 2.29. The van der Waals surface area contributed by atoms with Crippen LogP contribution in [-0.4, -0.2) is 16.8 Å². The minimum Gasteiger partial charge on any atom is -0.445 e. The van der Waals surface area contributed by atoms with Gasteiger partial charge in [0.05, 0.1) is 0 Å². The molecule has 0 bridgehead atoms. The molecule has 7 heteroatoms. The number of nitriles is 1. The first-order chi connectivity index (χ1) is 5.45. The van der Waals surface area contributed by atoms with E-state index in [2.05, 4.69) is 5.10 Å². The number of aryl methyl sites for hydroxylation is 1. The van der Waals surface area contributed by atoms with E-state index in [1.165, 1.54) is 13.1 Å². The Kier molecular flexibility index (Phi) is 1.84. The van der Waals surface area contributed by atoms with Crippen molar-refractivity contribution >= 4 is 12.4 Å². The van der Waals surface area contributed by atoms with Crippen molar-refractivity contribution in [2.24, 2.45) is 7.05 Å². The SMILES string of the molecule is Cn1cc([B-](F)(F)F)c(C#N)n1. The smallest absolute Gasteiger partial charge is 0.445 e. The van der Waals surface area contributed by atoms with Gasteiger partial charge in [0, 0.05) is 7.05 Å². The highest BCUT2D eigenvalue weighted by molar-refractivity contribution is 6.74. The molecule has 3 nitrogen and oxygen atoms in total. The molecular weight excluding hydrogens is 170 g/mol. The van der Waals surface area contributed by atoms with Crippen LogP contribution in [0.2, 0.25) is 0 Å². The first-order valence-corrected chi connectivity index (χ1v) is 3.08. The fourth-order valence-electron chi connectivity index (χ4n) is 0.833. The summed E-state index contributed by atoms with van der Waals surface area (Å²) in [7, 11) is 1.34. The van der Waals surface area contributed by atoms with E-state index in [4.69, 9.17) is 5.26 Å².